The molecular weight excluding hydrogens is 547 g/mol. The Kier molecular flexibility index (Phi) is 7.97. The number of rotatable bonds is 8. The first-order valence-corrected chi connectivity index (χ1v) is 11.8. The van der Waals surface area contributed by atoms with E-state index >= 15 is 0 Å². The van der Waals surface area contributed by atoms with Gasteiger partial charge in [-0.2, -0.15) is 0 Å². The molecule has 3 amide bonds. The molecule has 0 radical (unpaired) electrons. The molecule has 0 unspecified atom stereocenters. The number of esters is 1. The monoisotopic (exact) mass is 564 g/mol. The first-order valence-electron chi connectivity index (χ1n) is 10.7. The lowest BCUT2D eigenvalue weighted by molar-refractivity contribution is -0.123. The molecule has 1 N–H and O–H groups in total. The standard InChI is InChI=1S/C25H19Cl3N2O7/c1-34-21-10-14(8-18(28)22(21)36-12-13-3-5-16(26)17(27)7-13)9-19-23(31)30(25(33)29-19)11-15-4-6-20(37-15)24(32)35-2/h3-10H,11-12H2,1-2H3,(H,29,33)/b19-9-. The predicted octanol–water partition coefficient (Wildman–Crippen LogP) is 5.71. The third-order valence-corrected chi connectivity index (χ3v) is 6.27. The number of amides is 3. The number of carbonyl (C=O) groups is 3. The summed E-state index contributed by atoms with van der Waals surface area (Å²) in [4.78, 5) is 37.8. The lowest BCUT2D eigenvalue weighted by Gasteiger charge is -2.14. The van der Waals surface area contributed by atoms with Crippen LogP contribution in [-0.4, -0.2) is 37.0 Å². The van der Waals surface area contributed by atoms with Gasteiger partial charge in [0.25, 0.3) is 5.91 Å². The molecule has 2 heterocycles. The molecule has 0 atom stereocenters. The van der Waals surface area contributed by atoms with Crippen molar-refractivity contribution in [3.8, 4) is 11.5 Å². The van der Waals surface area contributed by atoms with Crippen molar-refractivity contribution in [3.05, 3.63) is 85.9 Å². The Bertz CT molecular complexity index is 1420. The Balaban J connectivity index is 1.50. The molecule has 1 fully saturated rings. The van der Waals surface area contributed by atoms with E-state index in [9.17, 15) is 14.4 Å². The summed E-state index contributed by atoms with van der Waals surface area (Å²) in [5.74, 6) is -0.448. The van der Waals surface area contributed by atoms with E-state index in [2.05, 4.69) is 10.1 Å². The zero-order chi connectivity index (χ0) is 26.7. The number of urea groups is 1. The normalized spacial score (nSPS) is 14.2. The summed E-state index contributed by atoms with van der Waals surface area (Å²) in [6, 6.07) is 10.5. The zero-order valence-electron chi connectivity index (χ0n) is 19.5. The Labute approximate surface area is 226 Å². The highest BCUT2D eigenvalue weighted by molar-refractivity contribution is 6.42. The molecule has 1 aliphatic rings. The maximum absolute atomic E-state index is 12.9. The molecule has 0 spiro atoms. The molecule has 0 aliphatic carbocycles. The van der Waals surface area contributed by atoms with Crippen molar-refractivity contribution < 1.29 is 33.0 Å². The summed E-state index contributed by atoms with van der Waals surface area (Å²) in [6.45, 7) is -0.0219. The van der Waals surface area contributed by atoms with Crippen molar-refractivity contribution in [2.75, 3.05) is 14.2 Å². The van der Waals surface area contributed by atoms with Crippen LogP contribution in [0.4, 0.5) is 4.79 Å². The molecular formula is C25H19Cl3N2O7. The van der Waals surface area contributed by atoms with Gasteiger partial charge >= 0.3 is 12.0 Å². The molecule has 2 aromatic carbocycles. The molecule has 12 heteroatoms. The minimum atomic E-state index is -0.667. The topological polar surface area (TPSA) is 107 Å². The first-order chi connectivity index (χ1) is 17.7. The highest BCUT2D eigenvalue weighted by Gasteiger charge is 2.34. The van der Waals surface area contributed by atoms with E-state index in [1.54, 1.807) is 30.3 Å². The second kappa shape index (κ2) is 11.2. The molecule has 1 aromatic heterocycles. The van der Waals surface area contributed by atoms with Gasteiger partial charge in [0.1, 0.15) is 18.1 Å². The fourth-order valence-electron chi connectivity index (χ4n) is 3.46. The smallest absolute Gasteiger partial charge is 0.373 e. The molecule has 4 rings (SSSR count). The van der Waals surface area contributed by atoms with E-state index in [1.807, 2.05) is 0 Å². The number of methoxy groups -OCH3 is 2. The third kappa shape index (κ3) is 5.85. The number of carbonyl (C=O) groups excluding carboxylic acids is 3. The Morgan fingerprint density at radius 3 is 2.51 bits per heavy atom. The van der Waals surface area contributed by atoms with Crippen molar-refractivity contribution in [2.45, 2.75) is 13.2 Å². The highest BCUT2D eigenvalue weighted by atomic mass is 35.5. The van der Waals surface area contributed by atoms with Gasteiger partial charge in [-0.05, 0) is 53.6 Å². The third-order valence-electron chi connectivity index (χ3n) is 5.25. The minimum absolute atomic E-state index is 0.0207. The molecule has 9 nitrogen and oxygen atoms in total. The molecule has 3 aromatic rings. The number of benzene rings is 2. The zero-order valence-corrected chi connectivity index (χ0v) is 21.7. The van der Waals surface area contributed by atoms with Crippen molar-refractivity contribution >= 4 is 58.8 Å². The van der Waals surface area contributed by atoms with Gasteiger partial charge in [-0.1, -0.05) is 40.9 Å². The van der Waals surface area contributed by atoms with Crippen LogP contribution in [-0.2, 0) is 22.7 Å². The molecule has 0 saturated carbocycles. The second-order valence-electron chi connectivity index (χ2n) is 7.71. The van der Waals surface area contributed by atoms with Crippen LogP contribution in [0.3, 0.4) is 0 Å². The number of imide groups is 1. The molecule has 192 valence electrons. The number of nitrogens with one attached hydrogen (secondary N) is 1. The van der Waals surface area contributed by atoms with Crippen molar-refractivity contribution in [1.82, 2.24) is 10.2 Å². The molecule has 1 aliphatic heterocycles. The summed E-state index contributed by atoms with van der Waals surface area (Å²) in [7, 11) is 2.67. The first kappa shape index (κ1) is 26.4. The Hall–Kier alpha value is -3.66. The summed E-state index contributed by atoms with van der Waals surface area (Å²) in [6.07, 6.45) is 1.46. The quantitative estimate of drug-likeness (QED) is 0.212. The van der Waals surface area contributed by atoms with Gasteiger partial charge in [0.15, 0.2) is 11.5 Å². The van der Waals surface area contributed by atoms with Crippen molar-refractivity contribution in [1.29, 1.82) is 0 Å². The van der Waals surface area contributed by atoms with Crippen LogP contribution < -0.4 is 14.8 Å². The molecule has 0 bridgehead atoms. The van der Waals surface area contributed by atoms with Gasteiger partial charge in [-0.3, -0.25) is 9.69 Å². The number of nitrogens with zero attached hydrogens (tertiary/aromatic N) is 1. The van der Waals surface area contributed by atoms with E-state index in [1.165, 1.54) is 32.4 Å². The van der Waals surface area contributed by atoms with Crippen LogP contribution in [0.5, 0.6) is 11.5 Å². The number of hydrogen-bond donors (Lipinski definition) is 1. The van der Waals surface area contributed by atoms with E-state index in [0.717, 1.165) is 10.5 Å². The van der Waals surface area contributed by atoms with Crippen molar-refractivity contribution in [3.63, 3.8) is 0 Å². The summed E-state index contributed by atoms with van der Waals surface area (Å²) in [5.41, 5.74) is 1.28. The van der Waals surface area contributed by atoms with Crippen LogP contribution in [0.15, 0.2) is 52.6 Å². The largest absolute Gasteiger partial charge is 0.493 e. The van der Waals surface area contributed by atoms with Gasteiger partial charge in [0.05, 0.1) is 35.8 Å². The molecule has 1 saturated heterocycles. The fraction of sp³-hybridized carbons (Fsp3) is 0.160. The van der Waals surface area contributed by atoms with E-state index in [4.69, 9.17) is 48.7 Å². The van der Waals surface area contributed by atoms with Crippen LogP contribution in [0.2, 0.25) is 15.1 Å². The predicted molar refractivity (Wildman–Crippen MR) is 136 cm³/mol. The van der Waals surface area contributed by atoms with Crippen LogP contribution in [0.1, 0.15) is 27.4 Å². The van der Waals surface area contributed by atoms with Gasteiger partial charge in [-0.15, -0.1) is 0 Å². The SMILES string of the molecule is COC(=O)c1ccc(CN2C(=O)N/C(=C\c3cc(Cl)c(OCc4ccc(Cl)c(Cl)c4)c(OC)c3)C2=O)o1. The lowest BCUT2D eigenvalue weighted by Crippen LogP contribution is -2.30. The van der Waals surface area contributed by atoms with Gasteiger partial charge in [0.2, 0.25) is 5.76 Å². The van der Waals surface area contributed by atoms with Gasteiger partial charge in [0, 0.05) is 0 Å². The number of furan rings is 1. The average molecular weight is 566 g/mol. The maximum atomic E-state index is 12.9. The van der Waals surface area contributed by atoms with Crippen LogP contribution in [0, 0.1) is 0 Å². The summed E-state index contributed by atoms with van der Waals surface area (Å²) >= 11 is 18.5. The summed E-state index contributed by atoms with van der Waals surface area (Å²) in [5, 5.41) is 3.58. The number of ether oxygens (including phenoxy) is 3. The van der Waals surface area contributed by atoms with Gasteiger partial charge < -0.3 is 23.9 Å². The molecule has 37 heavy (non-hydrogen) atoms. The summed E-state index contributed by atoms with van der Waals surface area (Å²) < 4.78 is 21.2. The van der Waals surface area contributed by atoms with E-state index < -0.39 is 17.9 Å². The fourth-order valence-corrected chi connectivity index (χ4v) is 4.05. The average Bonchev–Trinajstić information content (AvgIpc) is 3.45. The Morgan fingerprint density at radius 1 is 1.03 bits per heavy atom. The highest BCUT2D eigenvalue weighted by Crippen LogP contribution is 2.38. The van der Waals surface area contributed by atoms with E-state index in [0.29, 0.717) is 27.1 Å². The number of hydrogen-bond acceptors (Lipinski definition) is 7. The van der Waals surface area contributed by atoms with Crippen LogP contribution in [0.25, 0.3) is 6.08 Å². The Morgan fingerprint density at radius 2 is 1.81 bits per heavy atom. The van der Waals surface area contributed by atoms with Crippen molar-refractivity contribution in [2.24, 2.45) is 0 Å². The lowest BCUT2D eigenvalue weighted by atomic mass is 10.1. The van der Waals surface area contributed by atoms with Crippen LogP contribution >= 0.6 is 34.8 Å². The maximum Gasteiger partial charge on any atom is 0.373 e. The second-order valence-corrected chi connectivity index (χ2v) is 8.93. The number of halogens is 3. The minimum Gasteiger partial charge on any atom is -0.493 e. The van der Waals surface area contributed by atoms with E-state index in [-0.39, 0.29) is 35.4 Å². The van der Waals surface area contributed by atoms with Gasteiger partial charge in [-0.25, -0.2) is 9.59 Å².